The lowest BCUT2D eigenvalue weighted by molar-refractivity contribution is 0.914. The summed E-state index contributed by atoms with van der Waals surface area (Å²) in [5, 5.41) is 0.669. The minimum Gasteiger partial charge on any atom is -0.309 e. The highest BCUT2D eigenvalue weighted by Crippen LogP contribution is 2.18. The van der Waals surface area contributed by atoms with E-state index in [4.69, 9.17) is 23.2 Å². The Kier molecular flexibility index (Phi) is 2.67. The Hall–Kier alpha value is -1.06. The Morgan fingerprint density at radius 2 is 2.20 bits per heavy atom. The van der Waals surface area contributed by atoms with Crippen molar-refractivity contribution in [3.8, 4) is 0 Å². The van der Waals surface area contributed by atoms with E-state index in [1.54, 1.807) is 25.1 Å². The van der Waals surface area contributed by atoms with E-state index in [1.807, 2.05) is 0 Å². The zero-order valence-electron chi connectivity index (χ0n) is 7.92. The van der Waals surface area contributed by atoms with E-state index in [0.717, 1.165) is 0 Å². The average Bonchev–Trinajstić information content (AvgIpc) is 2.18. The van der Waals surface area contributed by atoms with Gasteiger partial charge in [-0.05, 0) is 25.1 Å². The van der Waals surface area contributed by atoms with E-state index in [9.17, 15) is 4.79 Å². The third-order valence-corrected chi connectivity index (χ3v) is 2.50. The van der Waals surface area contributed by atoms with Crippen molar-refractivity contribution in [2.45, 2.75) is 12.3 Å². The molecule has 15 heavy (non-hydrogen) atoms. The lowest BCUT2D eigenvalue weighted by Gasteiger charge is -2.04. The molecule has 2 aromatic rings. The molecule has 0 spiro atoms. The first kappa shape index (κ1) is 10.5. The Morgan fingerprint density at radius 3 is 2.87 bits per heavy atom. The number of nitrogens with zero attached hydrogens (tertiary/aromatic N) is 1. The molecule has 1 aromatic carbocycles. The fraction of sp³-hybridized carbons (Fsp3) is 0.200. The molecular weight excluding hydrogens is 235 g/mol. The summed E-state index contributed by atoms with van der Waals surface area (Å²) < 4.78 is 0. The molecule has 0 unspecified atom stereocenters. The van der Waals surface area contributed by atoms with Crippen LogP contribution in [0.3, 0.4) is 0 Å². The molecular formula is C10H8Cl2N2O. The van der Waals surface area contributed by atoms with Gasteiger partial charge in [0.15, 0.2) is 0 Å². The van der Waals surface area contributed by atoms with Crippen LogP contribution < -0.4 is 5.56 Å². The maximum Gasteiger partial charge on any atom is 0.258 e. The summed E-state index contributed by atoms with van der Waals surface area (Å²) in [4.78, 5) is 18.5. The number of hydrogen-bond donors (Lipinski definition) is 1. The summed E-state index contributed by atoms with van der Waals surface area (Å²) >= 11 is 11.6. The van der Waals surface area contributed by atoms with Crippen LogP contribution >= 0.6 is 23.2 Å². The molecule has 0 radical (unpaired) electrons. The number of benzene rings is 1. The van der Waals surface area contributed by atoms with Gasteiger partial charge >= 0.3 is 0 Å². The maximum absolute atomic E-state index is 11.6. The van der Waals surface area contributed by atoms with Crippen molar-refractivity contribution in [2.75, 3.05) is 0 Å². The van der Waals surface area contributed by atoms with Gasteiger partial charge in [-0.3, -0.25) is 4.79 Å². The second-order valence-electron chi connectivity index (χ2n) is 3.23. The van der Waals surface area contributed by atoms with Crippen LogP contribution in [-0.4, -0.2) is 9.97 Å². The van der Waals surface area contributed by atoms with Crippen LogP contribution in [-0.2, 0) is 0 Å². The number of hydrogen-bond acceptors (Lipinski definition) is 2. The predicted molar refractivity (Wildman–Crippen MR) is 61.6 cm³/mol. The lowest BCUT2D eigenvalue weighted by atomic mass is 10.2. The van der Waals surface area contributed by atoms with Gasteiger partial charge in [-0.15, -0.1) is 11.6 Å². The molecule has 0 amide bonds. The minimum absolute atomic E-state index is 0.218. The second kappa shape index (κ2) is 3.83. The second-order valence-corrected chi connectivity index (χ2v) is 4.32. The molecule has 0 fully saturated rings. The summed E-state index contributed by atoms with van der Waals surface area (Å²) in [7, 11) is 0. The van der Waals surface area contributed by atoms with Gasteiger partial charge < -0.3 is 4.98 Å². The van der Waals surface area contributed by atoms with E-state index >= 15 is 0 Å². The number of alkyl halides is 1. The zero-order chi connectivity index (χ0) is 11.0. The Labute approximate surface area is 96.1 Å². The molecule has 3 nitrogen and oxygen atoms in total. The summed E-state index contributed by atoms with van der Waals surface area (Å²) in [5.41, 5.74) is 0.385. The topological polar surface area (TPSA) is 45.8 Å². The van der Waals surface area contributed by atoms with Gasteiger partial charge in [0, 0.05) is 5.02 Å². The Bertz CT molecular complexity index is 563. The summed E-state index contributed by atoms with van der Waals surface area (Å²) in [6, 6.07) is 4.99. The number of nitrogens with one attached hydrogen (secondary N) is 1. The van der Waals surface area contributed by atoms with Crippen LogP contribution in [0.5, 0.6) is 0 Å². The summed E-state index contributed by atoms with van der Waals surface area (Å²) in [6.07, 6.45) is 0. The van der Waals surface area contributed by atoms with Crippen molar-refractivity contribution in [2.24, 2.45) is 0 Å². The van der Waals surface area contributed by atoms with Crippen LogP contribution in [0.15, 0.2) is 23.0 Å². The van der Waals surface area contributed by atoms with Gasteiger partial charge in [-0.1, -0.05) is 11.6 Å². The van der Waals surface area contributed by atoms with Crippen LogP contribution in [0.2, 0.25) is 5.02 Å². The van der Waals surface area contributed by atoms with Crippen LogP contribution in [0, 0.1) is 0 Å². The number of aromatic amines is 1. The standard InChI is InChI=1S/C10H8Cl2N2O/c1-5(11)9-13-8-3-2-6(12)4-7(8)10(15)14-9/h2-5H,1H3,(H,13,14,15)/t5-/m1/s1. The lowest BCUT2D eigenvalue weighted by Crippen LogP contribution is -2.12. The molecule has 5 heteroatoms. The molecule has 0 aliphatic carbocycles. The van der Waals surface area contributed by atoms with E-state index in [-0.39, 0.29) is 10.9 Å². The van der Waals surface area contributed by atoms with E-state index in [2.05, 4.69) is 9.97 Å². The molecule has 1 aromatic heterocycles. The Balaban J connectivity index is 2.79. The first-order chi connectivity index (χ1) is 7.08. The monoisotopic (exact) mass is 242 g/mol. The van der Waals surface area contributed by atoms with Crippen molar-refractivity contribution >= 4 is 34.1 Å². The number of fused-ring (bicyclic) bond motifs is 1. The van der Waals surface area contributed by atoms with Gasteiger partial charge in [0.25, 0.3) is 5.56 Å². The molecule has 0 aliphatic rings. The number of H-pyrrole nitrogens is 1. The first-order valence-electron chi connectivity index (χ1n) is 4.41. The Morgan fingerprint density at radius 1 is 1.47 bits per heavy atom. The SMILES string of the molecule is C[C@@H](Cl)c1nc2ccc(Cl)cc2c(=O)[nH]1. The molecule has 0 saturated heterocycles. The van der Waals surface area contributed by atoms with Crippen LogP contribution in [0.1, 0.15) is 18.1 Å². The van der Waals surface area contributed by atoms with Crippen molar-refractivity contribution in [3.63, 3.8) is 0 Å². The van der Waals surface area contributed by atoms with Crippen molar-refractivity contribution in [3.05, 3.63) is 39.4 Å². The quantitative estimate of drug-likeness (QED) is 0.782. The summed E-state index contributed by atoms with van der Waals surface area (Å²) in [6.45, 7) is 1.75. The van der Waals surface area contributed by atoms with Gasteiger partial charge in [0.2, 0.25) is 0 Å². The number of halogens is 2. The fourth-order valence-electron chi connectivity index (χ4n) is 1.32. The number of aromatic nitrogens is 2. The predicted octanol–water partition coefficient (Wildman–Crippen LogP) is 2.88. The highest BCUT2D eigenvalue weighted by molar-refractivity contribution is 6.31. The first-order valence-corrected chi connectivity index (χ1v) is 5.23. The third kappa shape index (κ3) is 1.98. The zero-order valence-corrected chi connectivity index (χ0v) is 9.43. The molecule has 0 bridgehead atoms. The van der Waals surface area contributed by atoms with E-state index < -0.39 is 0 Å². The molecule has 0 saturated carbocycles. The van der Waals surface area contributed by atoms with Crippen molar-refractivity contribution < 1.29 is 0 Å². The van der Waals surface area contributed by atoms with Gasteiger partial charge in [0.1, 0.15) is 5.82 Å². The molecule has 2 rings (SSSR count). The van der Waals surface area contributed by atoms with Gasteiger partial charge in [-0.25, -0.2) is 4.98 Å². The van der Waals surface area contributed by atoms with Crippen LogP contribution in [0.4, 0.5) is 0 Å². The smallest absolute Gasteiger partial charge is 0.258 e. The van der Waals surface area contributed by atoms with Gasteiger partial charge in [-0.2, -0.15) is 0 Å². The summed E-state index contributed by atoms with van der Waals surface area (Å²) in [5.74, 6) is 0.469. The average molecular weight is 243 g/mol. The maximum atomic E-state index is 11.6. The molecule has 0 aliphatic heterocycles. The highest BCUT2D eigenvalue weighted by Gasteiger charge is 2.08. The minimum atomic E-state index is -0.322. The largest absolute Gasteiger partial charge is 0.309 e. The molecule has 78 valence electrons. The molecule has 1 N–H and O–H groups in total. The highest BCUT2D eigenvalue weighted by atomic mass is 35.5. The normalized spacial score (nSPS) is 13.0. The van der Waals surface area contributed by atoms with Crippen LogP contribution in [0.25, 0.3) is 10.9 Å². The third-order valence-electron chi connectivity index (χ3n) is 2.06. The number of rotatable bonds is 1. The van der Waals surface area contributed by atoms with Crippen molar-refractivity contribution in [1.82, 2.24) is 9.97 Å². The van der Waals surface area contributed by atoms with Gasteiger partial charge in [0.05, 0.1) is 16.3 Å². The molecule has 1 atom stereocenters. The van der Waals surface area contributed by atoms with E-state index in [0.29, 0.717) is 21.7 Å². The van der Waals surface area contributed by atoms with Crippen molar-refractivity contribution in [1.29, 1.82) is 0 Å². The van der Waals surface area contributed by atoms with E-state index in [1.165, 1.54) is 0 Å². The molecule has 1 heterocycles. The fourth-order valence-corrected chi connectivity index (χ4v) is 1.59.